The van der Waals surface area contributed by atoms with Crippen molar-refractivity contribution in [3.8, 4) is 92.8 Å². The van der Waals surface area contributed by atoms with Gasteiger partial charge in [0.05, 0.1) is 36.5 Å². The van der Waals surface area contributed by atoms with Crippen molar-refractivity contribution < 1.29 is 50.4 Å². The Bertz CT molecular complexity index is 3170. The number of aromatic nitrogens is 6. The van der Waals surface area contributed by atoms with E-state index >= 15 is 0 Å². The topological polar surface area (TPSA) is 134 Å². The highest BCUT2D eigenvalue weighted by Crippen LogP contribution is 2.43. The second-order valence-corrected chi connectivity index (χ2v) is 14.3. The number of ether oxygens (including phenoxy) is 4. The number of hydrogen-bond acceptors (Lipinski definition) is 11. The van der Waals surface area contributed by atoms with Gasteiger partial charge in [0.25, 0.3) is 0 Å². The Labute approximate surface area is 391 Å². The van der Waals surface area contributed by atoms with Crippen LogP contribution in [0.15, 0.2) is 146 Å². The van der Waals surface area contributed by atoms with E-state index in [1.54, 1.807) is 48.5 Å². The molecule has 11 nitrogen and oxygen atoms in total. The van der Waals surface area contributed by atoms with Crippen molar-refractivity contribution in [3.05, 3.63) is 179 Å². The summed E-state index contributed by atoms with van der Waals surface area (Å²) in [5.74, 6) is 11.2. The third-order valence-electron chi connectivity index (χ3n) is 9.59. The lowest BCUT2D eigenvalue weighted by Gasteiger charge is -2.17. The van der Waals surface area contributed by atoms with E-state index in [9.17, 15) is 31.4 Å². The minimum atomic E-state index is -4.72. The highest BCUT2D eigenvalue weighted by molar-refractivity contribution is 5.72. The molecule has 0 spiro atoms. The van der Waals surface area contributed by atoms with Crippen molar-refractivity contribution in [1.82, 2.24) is 29.9 Å². The van der Waals surface area contributed by atoms with Gasteiger partial charge in [-0.15, -0.1) is 0 Å². The third kappa shape index (κ3) is 12.4. The van der Waals surface area contributed by atoms with E-state index in [0.29, 0.717) is 11.1 Å². The van der Waals surface area contributed by atoms with Crippen LogP contribution in [0.5, 0.6) is 23.5 Å². The molecule has 6 aromatic carbocycles. The Hall–Kier alpha value is -8.80. The number of aromatic hydroxyl groups is 1. The van der Waals surface area contributed by atoms with Crippen LogP contribution in [0.4, 0.5) is 26.3 Å². The summed E-state index contributed by atoms with van der Waals surface area (Å²) in [7, 11) is 3.98. The molecule has 0 aliphatic carbocycles. The van der Waals surface area contributed by atoms with Crippen molar-refractivity contribution in [3.63, 3.8) is 0 Å². The molecule has 0 aliphatic heterocycles. The summed E-state index contributed by atoms with van der Waals surface area (Å²) in [5, 5.41) is 10.2. The third-order valence-corrected chi connectivity index (χ3v) is 9.59. The van der Waals surface area contributed by atoms with Crippen LogP contribution < -0.4 is 14.2 Å². The van der Waals surface area contributed by atoms with Crippen LogP contribution in [0.2, 0.25) is 0 Å². The number of methoxy groups -OCH3 is 3. The fraction of sp³-hybridized carbons (Fsp3) is 0.115. The van der Waals surface area contributed by atoms with Gasteiger partial charge in [-0.1, -0.05) is 72.2 Å². The van der Waals surface area contributed by atoms with Gasteiger partial charge >= 0.3 is 24.4 Å². The average molecular weight is 939 g/mol. The molecule has 0 unspecified atom stereocenters. The number of hydrogen-bond donors (Lipinski definition) is 1. The molecule has 0 atom stereocenters. The fourth-order valence-corrected chi connectivity index (χ4v) is 6.37. The minimum Gasteiger partial charge on any atom is -0.507 e. The number of benzene rings is 6. The molecule has 69 heavy (non-hydrogen) atoms. The van der Waals surface area contributed by atoms with Gasteiger partial charge in [0.2, 0.25) is 0 Å². The van der Waals surface area contributed by atoms with E-state index in [1.807, 2.05) is 60.7 Å². The van der Waals surface area contributed by atoms with Crippen molar-refractivity contribution in [2.45, 2.75) is 12.4 Å². The summed E-state index contributed by atoms with van der Waals surface area (Å²) < 4.78 is 103. The summed E-state index contributed by atoms with van der Waals surface area (Å²) in [4.78, 5) is 24.9. The van der Waals surface area contributed by atoms with Gasteiger partial charge in [0.1, 0.15) is 11.5 Å². The Morgan fingerprint density at radius 3 is 1.25 bits per heavy atom. The number of halogens is 6. The maximum absolute atomic E-state index is 13.9. The van der Waals surface area contributed by atoms with Gasteiger partial charge < -0.3 is 24.1 Å². The molecule has 0 saturated heterocycles. The van der Waals surface area contributed by atoms with Crippen LogP contribution in [0.25, 0.3) is 45.6 Å². The number of alkyl halides is 6. The number of rotatable bonds is 9. The molecular formula is C52H36F6N6O5. The van der Waals surface area contributed by atoms with Crippen molar-refractivity contribution in [1.29, 1.82) is 0 Å². The molecule has 2 aromatic heterocycles. The average Bonchev–Trinajstić information content (AvgIpc) is 3.36. The molecule has 0 amide bonds. The largest absolute Gasteiger partial charge is 0.507 e. The lowest BCUT2D eigenvalue weighted by Crippen LogP contribution is -2.11. The first-order chi connectivity index (χ1) is 33.2. The van der Waals surface area contributed by atoms with Gasteiger partial charge in [-0.05, 0) is 97.1 Å². The molecule has 0 radical (unpaired) electrons. The maximum Gasteiger partial charge on any atom is 0.417 e. The minimum absolute atomic E-state index is 0.0857. The molecule has 17 heteroatoms. The standard InChI is InChI=1S/C27H20F3N3O3.C25H16F3N3O2/c1-34-17-36-22-10-6-9-21(27(28,29)30)23(22)25-31-24(32-26(33-25)35-2)20-15-13-19(14-16-20)12-11-18-7-4-3-5-8-18;1-33-24-30-22(18-14-12-17(13-15-18)11-10-16-6-3-2-4-7-16)29-23(31-24)21-19(25(26,27)28)8-5-9-20(21)32/h3-10,13-16H,17H2,1-2H3;2-9,12-15,32H,1H3. The van der Waals surface area contributed by atoms with Crippen LogP contribution >= 0.6 is 0 Å². The Morgan fingerprint density at radius 2 is 0.826 bits per heavy atom. The van der Waals surface area contributed by atoms with E-state index in [-0.39, 0.29) is 53.4 Å². The normalized spacial score (nSPS) is 10.9. The van der Waals surface area contributed by atoms with Crippen molar-refractivity contribution in [2.24, 2.45) is 0 Å². The molecule has 1 N–H and O–H groups in total. The zero-order valence-corrected chi connectivity index (χ0v) is 36.6. The summed E-state index contributed by atoms with van der Waals surface area (Å²) in [5.41, 5.74) is 1.41. The van der Waals surface area contributed by atoms with Gasteiger partial charge in [0.15, 0.2) is 30.1 Å². The molecule has 8 aromatic rings. The first kappa shape index (κ1) is 48.1. The number of nitrogens with zero attached hydrogens (tertiary/aromatic N) is 6. The van der Waals surface area contributed by atoms with Crippen LogP contribution in [-0.4, -0.2) is 63.1 Å². The fourth-order valence-electron chi connectivity index (χ4n) is 6.37. The summed E-state index contributed by atoms with van der Waals surface area (Å²) in [6, 6.07) is 39.3. The van der Waals surface area contributed by atoms with Crippen LogP contribution in [0, 0.1) is 23.7 Å². The Balaban J connectivity index is 0.000000205. The monoisotopic (exact) mass is 938 g/mol. The predicted molar refractivity (Wildman–Crippen MR) is 244 cm³/mol. The number of phenolic OH excluding ortho intramolecular Hbond substituents is 1. The van der Waals surface area contributed by atoms with E-state index in [4.69, 9.17) is 18.9 Å². The van der Waals surface area contributed by atoms with Crippen molar-refractivity contribution in [2.75, 3.05) is 28.1 Å². The lowest BCUT2D eigenvalue weighted by atomic mass is 10.0. The molecule has 2 heterocycles. The second kappa shape index (κ2) is 21.7. The smallest absolute Gasteiger partial charge is 0.417 e. The predicted octanol–water partition coefficient (Wildman–Crippen LogP) is 11.0. The van der Waals surface area contributed by atoms with Crippen LogP contribution in [-0.2, 0) is 17.1 Å². The van der Waals surface area contributed by atoms with E-state index in [1.165, 1.54) is 33.5 Å². The highest BCUT2D eigenvalue weighted by atomic mass is 19.4. The SMILES string of the molecule is COCOc1cccc(C(F)(F)F)c1-c1nc(OC)nc(-c2ccc(C#Cc3ccccc3)cc2)n1.COc1nc(-c2ccc(C#Cc3ccccc3)cc2)nc(-c2c(O)cccc2C(F)(F)F)n1. The number of phenols is 1. The van der Waals surface area contributed by atoms with E-state index in [2.05, 4.69) is 53.6 Å². The Morgan fingerprint density at radius 1 is 0.435 bits per heavy atom. The molecular weight excluding hydrogens is 903 g/mol. The van der Waals surface area contributed by atoms with Crippen molar-refractivity contribution >= 4 is 0 Å². The van der Waals surface area contributed by atoms with Gasteiger partial charge in [-0.2, -0.15) is 46.3 Å². The lowest BCUT2D eigenvalue weighted by molar-refractivity contribution is -0.138. The van der Waals surface area contributed by atoms with Gasteiger partial charge in [0, 0.05) is 40.5 Å². The van der Waals surface area contributed by atoms with Crippen LogP contribution in [0.3, 0.4) is 0 Å². The second-order valence-electron chi connectivity index (χ2n) is 14.3. The quantitative estimate of drug-likeness (QED) is 0.0842. The first-order valence-electron chi connectivity index (χ1n) is 20.4. The Kier molecular flexibility index (Phi) is 15.1. The highest BCUT2D eigenvalue weighted by Gasteiger charge is 2.37. The van der Waals surface area contributed by atoms with Crippen LogP contribution in [0.1, 0.15) is 33.4 Å². The zero-order valence-electron chi connectivity index (χ0n) is 36.6. The van der Waals surface area contributed by atoms with Gasteiger partial charge in [-0.25, -0.2) is 9.97 Å². The summed E-state index contributed by atoms with van der Waals surface area (Å²) in [6.07, 6.45) is -9.39. The first-order valence-corrected chi connectivity index (χ1v) is 20.4. The molecule has 0 aliphatic rings. The van der Waals surface area contributed by atoms with Gasteiger partial charge in [-0.3, -0.25) is 0 Å². The van der Waals surface area contributed by atoms with E-state index in [0.717, 1.165) is 46.5 Å². The molecule has 0 fully saturated rings. The summed E-state index contributed by atoms with van der Waals surface area (Å²) in [6.45, 7) is -0.255. The molecule has 0 bridgehead atoms. The zero-order chi connectivity index (χ0) is 49.0. The molecule has 346 valence electrons. The maximum atomic E-state index is 13.9. The summed E-state index contributed by atoms with van der Waals surface area (Å²) >= 11 is 0. The molecule has 8 rings (SSSR count). The molecule has 0 saturated carbocycles. The van der Waals surface area contributed by atoms with E-state index < -0.39 is 34.8 Å².